The number of nitrogens with two attached hydrogens (primary N) is 1. The van der Waals surface area contributed by atoms with Gasteiger partial charge >= 0.3 is 6.01 Å². The van der Waals surface area contributed by atoms with Gasteiger partial charge in [0.1, 0.15) is 6.61 Å². The van der Waals surface area contributed by atoms with E-state index < -0.39 is 0 Å². The van der Waals surface area contributed by atoms with Crippen molar-refractivity contribution in [2.24, 2.45) is 5.92 Å². The first kappa shape index (κ1) is 22.5. The number of hydrogen-bond acceptors (Lipinski definition) is 9. The topological polar surface area (TPSA) is 104 Å². The first-order chi connectivity index (χ1) is 14.5. The molecule has 10 nitrogen and oxygen atoms in total. The van der Waals surface area contributed by atoms with Crippen LogP contribution in [0.5, 0.6) is 12.0 Å². The first-order valence-corrected chi connectivity index (χ1v) is 10.6. The Labute approximate surface area is 178 Å². The molecule has 0 atom stereocenters. The Kier molecular flexibility index (Phi) is 8.06. The predicted octanol–water partition coefficient (Wildman–Crippen LogP) is 1.11. The van der Waals surface area contributed by atoms with Gasteiger partial charge in [0.2, 0.25) is 0 Å². The summed E-state index contributed by atoms with van der Waals surface area (Å²) in [5, 5.41) is 0. The number of nitrogen functional groups attached to an aromatic ring is 1. The van der Waals surface area contributed by atoms with Gasteiger partial charge < -0.3 is 29.7 Å². The highest BCUT2D eigenvalue weighted by Gasteiger charge is 2.24. The Balaban J connectivity index is 1.67. The van der Waals surface area contributed by atoms with Gasteiger partial charge in [0, 0.05) is 13.7 Å². The van der Waals surface area contributed by atoms with E-state index in [1.54, 1.807) is 14.2 Å². The molecule has 0 bridgehead atoms. The molecule has 1 aliphatic rings. The summed E-state index contributed by atoms with van der Waals surface area (Å²) in [7, 11) is 7.48. The fourth-order valence-corrected chi connectivity index (χ4v) is 3.84. The fourth-order valence-electron chi connectivity index (χ4n) is 3.84. The van der Waals surface area contributed by atoms with E-state index >= 15 is 0 Å². The third-order valence-corrected chi connectivity index (χ3v) is 5.49. The zero-order chi connectivity index (χ0) is 21.5. The molecule has 2 N–H and O–H groups in total. The maximum atomic E-state index is 6.11. The number of fused-ring (bicyclic) bond motifs is 1. The van der Waals surface area contributed by atoms with E-state index in [0.29, 0.717) is 42.1 Å². The SMILES string of the molecule is COCCOc1nc(N)c2nc(OC)n(CC3CCN(CCCN(C)C)CC3)c2n1. The average Bonchev–Trinajstić information content (AvgIpc) is 3.07. The fraction of sp³-hybridized carbons (Fsp3) is 0.750. The molecule has 0 radical (unpaired) electrons. The van der Waals surface area contributed by atoms with Crippen LogP contribution in [0.15, 0.2) is 0 Å². The number of imidazole rings is 1. The van der Waals surface area contributed by atoms with Crippen molar-refractivity contribution in [1.29, 1.82) is 0 Å². The van der Waals surface area contributed by atoms with Gasteiger partial charge in [-0.2, -0.15) is 15.0 Å². The van der Waals surface area contributed by atoms with Crippen molar-refractivity contribution in [2.45, 2.75) is 25.8 Å². The van der Waals surface area contributed by atoms with E-state index in [1.165, 1.54) is 6.42 Å². The zero-order valence-electron chi connectivity index (χ0n) is 18.6. The summed E-state index contributed by atoms with van der Waals surface area (Å²) >= 11 is 0. The van der Waals surface area contributed by atoms with E-state index in [4.69, 9.17) is 19.9 Å². The maximum absolute atomic E-state index is 6.11. The van der Waals surface area contributed by atoms with Crippen molar-refractivity contribution in [3.8, 4) is 12.0 Å². The quantitative estimate of drug-likeness (QED) is 0.534. The minimum Gasteiger partial charge on any atom is -0.468 e. The summed E-state index contributed by atoms with van der Waals surface area (Å²) in [6.45, 7) is 6.14. The van der Waals surface area contributed by atoms with E-state index in [-0.39, 0.29) is 6.01 Å². The third kappa shape index (κ3) is 5.71. The summed E-state index contributed by atoms with van der Waals surface area (Å²) < 4.78 is 18.1. The smallest absolute Gasteiger partial charge is 0.320 e. The van der Waals surface area contributed by atoms with Gasteiger partial charge in [0.25, 0.3) is 6.01 Å². The average molecular weight is 422 g/mol. The maximum Gasteiger partial charge on any atom is 0.320 e. The van der Waals surface area contributed by atoms with Crippen molar-refractivity contribution in [1.82, 2.24) is 29.3 Å². The summed E-state index contributed by atoms with van der Waals surface area (Å²) in [6.07, 6.45) is 3.49. The van der Waals surface area contributed by atoms with Crippen LogP contribution in [0.2, 0.25) is 0 Å². The van der Waals surface area contributed by atoms with Crippen LogP contribution >= 0.6 is 0 Å². The second-order valence-corrected chi connectivity index (χ2v) is 8.06. The van der Waals surface area contributed by atoms with Gasteiger partial charge in [-0.15, -0.1) is 0 Å². The number of aromatic nitrogens is 4. The molecule has 0 saturated carbocycles. The second-order valence-electron chi connectivity index (χ2n) is 8.06. The highest BCUT2D eigenvalue weighted by Crippen LogP contribution is 2.28. The molecular weight excluding hydrogens is 386 g/mol. The second kappa shape index (κ2) is 10.7. The molecule has 10 heteroatoms. The van der Waals surface area contributed by atoms with E-state index in [1.807, 2.05) is 4.57 Å². The number of rotatable bonds is 11. The van der Waals surface area contributed by atoms with E-state index in [0.717, 1.165) is 45.6 Å². The van der Waals surface area contributed by atoms with E-state index in [9.17, 15) is 0 Å². The Morgan fingerprint density at radius 2 is 1.87 bits per heavy atom. The molecule has 0 unspecified atom stereocenters. The molecule has 2 aromatic heterocycles. The summed E-state index contributed by atoms with van der Waals surface area (Å²) in [6, 6.07) is 0.741. The molecule has 2 aromatic rings. The van der Waals surface area contributed by atoms with Gasteiger partial charge in [0.15, 0.2) is 17.0 Å². The number of piperidine rings is 1. The van der Waals surface area contributed by atoms with Crippen molar-refractivity contribution >= 4 is 17.0 Å². The van der Waals surface area contributed by atoms with Crippen LogP contribution in [0.1, 0.15) is 19.3 Å². The number of anilines is 1. The minimum absolute atomic E-state index is 0.233. The zero-order valence-corrected chi connectivity index (χ0v) is 18.6. The normalized spacial score (nSPS) is 15.9. The largest absolute Gasteiger partial charge is 0.468 e. The van der Waals surface area contributed by atoms with Crippen molar-refractivity contribution < 1.29 is 14.2 Å². The van der Waals surface area contributed by atoms with Gasteiger partial charge in [-0.25, -0.2) is 0 Å². The molecule has 3 rings (SSSR count). The molecule has 0 aliphatic carbocycles. The number of nitrogens with zero attached hydrogens (tertiary/aromatic N) is 6. The Hall–Kier alpha value is -2.17. The van der Waals surface area contributed by atoms with Crippen LogP contribution in [0.25, 0.3) is 11.2 Å². The van der Waals surface area contributed by atoms with Gasteiger partial charge in [0.05, 0.1) is 13.7 Å². The number of methoxy groups -OCH3 is 2. The van der Waals surface area contributed by atoms with Gasteiger partial charge in [-0.05, 0) is 65.5 Å². The molecule has 1 aliphatic heterocycles. The van der Waals surface area contributed by atoms with Gasteiger partial charge in [-0.1, -0.05) is 0 Å². The monoisotopic (exact) mass is 421 g/mol. The van der Waals surface area contributed by atoms with Crippen LogP contribution in [0, 0.1) is 5.92 Å². The molecule has 1 fully saturated rings. The highest BCUT2D eigenvalue weighted by molar-refractivity contribution is 5.83. The summed E-state index contributed by atoms with van der Waals surface area (Å²) in [4.78, 5) is 18.1. The van der Waals surface area contributed by atoms with E-state index in [2.05, 4.69) is 38.8 Å². The van der Waals surface area contributed by atoms with Gasteiger partial charge in [-0.3, -0.25) is 4.57 Å². The lowest BCUT2D eigenvalue weighted by molar-refractivity contribution is 0.141. The molecule has 0 amide bonds. The van der Waals surface area contributed by atoms with Crippen LogP contribution in [0.4, 0.5) is 5.82 Å². The van der Waals surface area contributed by atoms with Crippen molar-refractivity contribution in [3.63, 3.8) is 0 Å². The highest BCUT2D eigenvalue weighted by atomic mass is 16.5. The molecule has 3 heterocycles. The number of likely N-dealkylation sites (tertiary alicyclic amines) is 1. The molecule has 0 spiro atoms. The van der Waals surface area contributed by atoms with Crippen LogP contribution in [-0.2, 0) is 11.3 Å². The molecular formula is C20H35N7O3. The lowest BCUT2D eigenvalue weighted by Gasteiger charge is -2.32. The standard InChI is InChI=1S/C20H35N7O3/c1-25(2)8-5-9-26-10-6-15(7-11-26)14-27-18-16(22-20(27)29-4)17(21)23-19(24-18)30-13-12-28-3/h15H,5-14H2,1-4H3,(H2,21,23,24). The minimum atomic E-state index is 0.233. The molecule has 168 valence electrons. The lowest BCUT2D eigenvalue weighted by Crippen LogP contribution is -2.36. The summed E-state index contributed by atoms with van der Waals surface area (Å²) in [5.74, 6) is 0.829. The number of ether oxygens (including phenoxy) is 3. The Morgan fingerprint density at radius 3 is 2.53 bits per heavy atom. The van der Waals surface area contributed by atoms with Crippen molar-refractivity contribution in [2.75, 3.05) is 73.4 Å². The Bertz CT molecular complexity index is 803. The Morgan fingerprint density at radius 1 is 1.10 bits per heavy atom. The molecule has 0 aromatic carbocycles. The summed E-state index contributed by atoms with van der Waals surface area (Å²) in [5.41, 5.74) is 7.31. The lowest BCUT2D eigenvalue weighted by atomic mass is 9.96. The number of hydrogen-bond donors (Lipinski definition) is 1. The predicted molar refractivity (Wildman–Crippen MR) is 116 cm³/mol. The van der Waals surface area contributed by atoms with Crippen LogP contribution in [0.3, 0.4) is 0 Å². The molecule has 1 saturated heterocycles. The van der Waals surface area contributed by atoms with Crippen LogP contribution in [-0.4, -0.2) is 97.0 Å². The third-order valence-electron chi connectivity index (χ3n) is 5.49. The first-order valence-electron chi connectivity index (χ1n) is 10.6. The van der Waals surface area contributed by atoms with Crippen molar-refractivity contribution in [3.05, 3.63) is 0 Å². The van der Waals surface area contributed by atoms with Crippen LogP contribution < -0.4 is 15.2 Å². The molecule has 30 heavy (non-hydrogen) atoms.